The average molecular weight is 428 g/mol. The highest BCUT2D eigenvalue weighted by Crippen LogP contribution is 2.37. The van der Waals surface area contributed by atoms with Crippen LogP contribution in [0.4, 0.5) is 5.69 Å². The second kappa shape index (κ2) is 8.93. The zero-order chi connectivity index (χ0) is 22.6. The molecule has 0 bridgehead atoms. The maximum absolute atomic E-state index is 12.1. The van der Waals surface area contributed by atoms with Gasteiger partial charge >= 0.3 is 0 Å². The van der Waals surface area contributed by atoms with E-state index in [-0.39, 0.29) is 11.8 Å². The smallest absolute Gasteiger partial charge is 0.258 e. The molecule has 5 rings (SSSR count). The zero-order valence-corrected chi connectivity index (χ0v) is 17.9. The van der Waals surface area contributed by atoms with Crippen molar-refractivity contribution in [2.45, 2.75) is 0 Å². The summed E-state index contributed by atoms with van der Waals surface area (Å²) in [5.74, 6) is -0.637. The van der Waals surface area contributed by atoms with E-state index in [0.29, 0.717) is 5.69 Å². The van der Waals surface area contributed by atoms with Crippen molar-refractivity contribution in [3.05, 3.63) is 150 Å². The molecule has 4 aromatic rings. The Kier molecular flexibility index (Phi) is 5.52. The highest BCUT2D eigenvalue weighted by Gasteiger charge is 2.25. The molecular weight excluding hydrogens is 406 g/mol. The molecule has 0 saturated heterocycles. The van der Waals surface area contributed by atoms with Crippen molar-refractivity contribution >= 4 is 28.6 Å². The number of hydrogen-bond acceptors (Lipinski definition) is 2. The first kappa shape index (κ1) is 20.4. The number of anilines is 1. The topological polar surface area (TPSA) is 37.4 Å². The van der Waals surface area contributed by atoms with Crippen LogP contribution in [0.25, 0.3) is 11.1 Å². The van der Waals surface area contributed by atoms with Crippen molar-refractivity contribution in [1.29, 1.82) is 0 Å². The van der Waals surface area contributed by atoms with Gasteiger partial charge in [0.25, 0.3) is 11.8 Å². The van der Waals surface area contributed by atoms with Crippen LogP contribution in [0.15, 0.2) is 127 Å². The SMILES string of the molecule is O=C1C=CC(=O)N1c1ccc(C(=C(c2ccccc2)c2ccccc2)c2ccccc2)cc1. The maximum Gasteiger partial charge on any atom is 0.258 e. The molecule has 0 atom stereocenters. The van der Waals surface area contributed by atoms with Gasteiger partial charge in [0.2, 0.25) is 0 Å². The van der Waals surface area contributed by atoms with Crippen molar-refractivity contribution in [3.8, 4) is 0 Å². The van der Waals surface area contributed by atoms with Gasteiger partial charge in [-0.05, 0) is 45.5 Å². The van der Waals surface area contributed by atoms with E-state index in [1.165, 1.54) is 17.1 Å². The van der Waals surface area contributed by atoms with Gasteiger partial charge in [-0.1, -0.05) is 103 Å². The Morgan fingerprint density at radius 1 is 0.424 bits per heavy atom. The molecular formula is C30H21NO2. The monoisotopic (exact) mass is 427 g/mol. The lowest BCUT2D eigenvalue weighted by molar-refractivity contribution is -0.119. The zero-order valence-electron chi connectivity index (χ0n) is 17.9. The van der Waals surface area contributed by atoms with Crippen LogP contribution >= 0.6 is 0 Å². The quantitative estimate of drug-likeness (QED) is 0.284. The van der Waals surface area contributed by atoms with Crippen LogP contribution in [-0.2, 0) is 9.59 Å². The number of carbonyl (C=O) groups excluding carboxylic acids is 2. The molecule has 0 aromatic heterocycles. The van der Waals surface area contributed by atoms with Gasteiger partial charge in [-0.25, -0.2) is 4.90 Å². The Bertz CT molecular complexity index is 1290. The second-order valence-corrected chi connectivity index (χ2v) is 7.74. The van der Waals surface area contributed by atoms with Crippen LogP contribution < -0.4 is 4.90 Å². The average Bonchev–Trinajstić information content (AvgIpc) is 3.22. The van der Waals surface area contributed by atoms with Crippen molar-refractivity contribution in [2.24, 2.45) is 0 Å². The molecule has 1 heterocycles. The standard InChI is InChI=1S/C30H21NO2/c32-27-20-21-28(33)31(27)26-18-16-25(17-19-26)30(24-14-8-3-9-15-24)29(22-10-4-1-5-11-22)23-12-6-2-7-13-23/h1-21H. The molecule has 0 aliphatic carbocycles. The van der Waals surface area contributed by atoms with Crippen LogP contribution in [0.2, 0.25) is 0 Å². The van der Waals surface area contributed by atoms with Gasteiger partial charge in [0.05, 0.1) is 5.69 Å². The summed E-state index contributed by atoms with van der Waals surface area (Å²) in [5.41, 5.74) is 7.07. The lowest BCUT2D eigenvalue weighted by Gasteiger charge is -2.19. The summed E-state index contributed by atoms with van der Waals surface area (Å²) in [6, 6.07) is 38.6. The number of rotatable bonds is 5. The molecule has 0 saturated carbocycles. The van der Waals surface area contributed by atoms with Crippen LogP contribution in [0.1, 0.15) is 22.3 Å². The van der Waals surface area contributed by atoms with Gasteiger partial charge in [0, 0.05) is 12.2 Å². The predicted octanol–water partition coefficient (Wildman–Crippen LogP) is 6.12. The van der Waals surface area contributed by atoms with Crippen LogP contribution in [0, 0.1) is 0 Å². The van der Waals surface area contributed by atoms with E-state index < -0.39 is 0 Å². The molecule has 1 aliphatic heterocycles. The summed E-state index contributed by atoms with van der Waals surface area (Å²) >= 11 is 0. The molecule has 0 fully saturated rings. The van der Waals surface area contributed by atoms with Crippen LogP contribution in [0.5, 0.6) is 0 Å². The minimum absolute atomic E-state index is 0.319. The second-order valence-electron chi connectivity index (χ2n) is 7.74. The summed E-state index contributed by atoms with van der Waals surface area (Å²) < 4.78 is 0. The Morgan fingerprint density at radius 3 is 1.12 bits per heavy atom. The minimum atomic E-state index is -0.319. The predicted molar refractivity (Wildman–Crippen MR) is 132 cm³/mol. The number of carbonyl (C=O) groups is 2. The number of hydrogen-bond donors (Lipinski definition) is 0. The summed E-state index contributed by atoms with van der Waals surface area (Å²) in [6.07, 6.45) is 2.60. The molecule has 2 amide bonds. The van der Waals surface area contributed by atoms with Gasteiger partial charge in [-0.2, -0.15) is 0 Å². The van der Waals surface area contributed by atoms with Crippen molar-refractivity contribution in [1.82, 2.24) is 0 Å². The highest BCUT2D eigenvalue weighted by atomic mass is 16.2. The fraction of sp³-hybridized carbons (Fsp3) is 0. The Balaban J connectivity index is 1.73. The first-order valence-corrected chi connectivity index (χ1v) is 10.8. The first-order valence-electron chi connectivity index (χ1n) is 10.8. The maximum atomic E-state index is 12.1. The summed E-state index contributed by atoms with van der Waals surface area (Å²) in [7, 11) is 0. The van der Waals surface area contributed by atoms with Gasteiger partial charge in [0.1, 0.15) is 0 Å². The van der Waals surface area contributed by atoms with Crippen molar-refractivity contribution in [3.63, 3.8) is 0 Å². The van der Waals surface area contributed by atoms with E-state index in [9.17, 15) is 9.59 Å². The normalized spacial score (nSPS) is 12.8. The van der Waals surface area contributed by atoms with Crippen LogP contribution in [0.3, 0.4) is 0 Å². The fourth-order valence-corrected chi connectivity index (χ4v) is 4.16. The van der Waals surface area contributed by atoms with Gasteiger partial charge < -0.3 is 0 Å². The van der Waals surface area contributed by atoms with E-state index in [1.54, 1.807) is 0 Å². The first-order chi connectivity index (χ1) is 16.2. The lowest BCUT2D eigenvalue weighted by Crippen LogP contribution is -2.29. The molecule has 0 spiro atoms. The van der Waals surface area contributed by atoms with Gasteiger partial charge in [-0.3, -0.25) is 9.59 Å². The summed E-state index contributed by atoms with van der Waals surface area (Å²) in [5, 5.41) is 0. The molecule has 158 valence electrons. The number of amides is 2. The largest absolute Gasteiger partial charge is 0.269 e. The molecule has 0 unspecified atom stereocenters. The molecule has 33 heavy (non-hydrogen) atoms. The number of benzene rings is 4. The van der Waals surface area contributed by atoms with Crippen molar-refractivity contribution in [2.75, 3.05) is 4.90 Å². The summed E-state index contributed by atoms with van der Waals surface area (Å²) in [4.78, 5) is 25.4. The third kappa shape index (κ3) is 4.04. The third-order valence-electron chi connectivity index (χ3n) is 5.66. The summed E-state index contributed by atoms with van der Waals surface area (Å²) in [6.45, 7) is 0. The van der Waals surface area contributed by atoms with Crippen molar-refractivity contribution < 1.29 is 9.59 Å². The molecule has 4 aromatic carbocycles. The lowest BCUT2D eigenvalue weighted by atomic mass is 9.86. The Morgan fingerprint density at radius 2 is 0.758 bits per heavy atom. The van der Waals surface area contributed by atoms with E-state index in [0.717, 1.165) is 33.4 Å². The van der Waals surface area contributed by atoms with E-state index >= 15 is 0 Å². The number of imide groups is 1. The Labute approximate surface area is 192 Å². The van der Waals surface area contributed by atoms with Gasteiger partial charge in [-0.15, -0.1) is 0 Å². The fourth-order valence-electron chi connectivity index (χ4n) is 4.16. The molecule has 1 aliphatic rings. The minimum Gasteiger partial charge on any atom is -0.269 e. The van der Waals surface area contributed by atoms with Crippen LogP contribution in [-0.4, -0.2) is 11.8 Å². The molecule has 3 nitrogen and oxygen atoms in total. The highest BCUT2D eigenvalue weighted by molar-refractivity contribution is 6.28. The molecule has 0 N–H and O–H groups in total. The van der Waals surface area contributed by atoms with E-state index in [4.69, 9.17) is 0 Å². The number of nitrogens with zero attached hydrogens (tertiary/aromatic N) is 1. The van der Waals surface area contributed by atoms with E-state index in [1.807, 2.05) is 78.9 Å². The molecule has 3 heteroatoms. The van der Waals surface area contributed by atoms with E-state index in [2.05, 4.69) is 36.4 Å². The molecule has 0 radical (unpaired) electrons. The van der Waals surface area contributed by atoms with Gasteiger partial charge in [0.15, 0.2) is 0 Å². The third-order valence-corrected chi connectivity index (χ3v) is 5.66. The Hall–Kier alpha value is -4.50.